The van der Waals surface area contributed by atoms with E-state index in [0.717, 1.165) is 18.7 Å². The molecule has 1 saturated heterocycles. The number of nitrogens with zero attached hydrogens (tertiary/aromatic N) is 1. The topological polar surface area (TPSA) is 61.8 Å². The summed E-state index contributed by atoms with van der Waals surface area (Å²) in [6.07, 6.45) is 0.810. The third-order valence-electron chi connectivity index (χ3n) is 3.44. The van der Waals surface area contributed by atoms with Crippen molar-refractivity contribution in [3.8, 4) is 0 Å². The lowest BCUT2D eigenvalue weighted by Gasteiger charge is -2.31. The fourth-order valence-electron chi connectivity index (χ4n) is 2.26. The monoisotopic (exact) mass is 278 g/mol. The Bertz CT molecular complexity index is 433. The quantitative estimate of drug-likeness (QED) is 0.839. The minimum Gasteiger partial charge on any atom is -0.394 e. The van der Waals surface area contributed by atoms with Gasteiger partial charge in [0, 0.05) is 18.8 Å². The summed E-state index contributed by atoms with van der Waals surface area (Å²) in [5, 5.41) is 12.0. The van der Waals surface area contributed by atoms with E-state index < -0.39 is 0 Å². The molecule has 1 aliphatic rings. The van der Waals surface area contributed by atoms with Crippen LogP contribution in [0.15, 0.2) is 24.3 Å². The van der Waals surface area contributed by atoms with Crippen molar-refractivity contribution in [3.63, 3.8) is 0 Å². The molecule has 5 nitrogen and oxygen atoms in total. The SMILES string of the molecule is CCc1ccc(NC(=O)CN2CCOC(CO)C2)cc1. The predicted octanol–water partition coefficient (Wildman–Crippen LogP) is 0.881. The maximum absolute atomic E-state index is 12.0. The second-order valence-electron chi connectivity index (χ2n) is 5.01. The third-order valence-corrected chi connectivity index (χ3v) is 3.44. The van der Waals surface area contributed by atoms with E-state index in [1.807, 2.05) is 29.2 Å². The minimum atomic E-state index is -0.180. The van der Waals surface area contributed by atoms with E-state index in [2.05, 4.69) is 12.2 Å². The number of aliphatic hydroxyl groups excluding tert-OH is 1. The molecule has 1 aliphatic heterocycles. The van der Waals surface area contributed by atoms with Crippen LogP contribution in [0.2, 0.25) is 0 Å². The van der Waals surface area contributed by atoms with Crippen LogP contribution in [0.25, 0.3) is 0 Å². The molecular weight excluding hydrogens is 256 g/mol. The van der Waals surface area contributed by atoms with Crippen LogP contribution in [0.1, 0.15) is 12.5 Å². The van der Waals surface area contributed by atoms with Gasteiger partial charge in [-0.15, -0.1) is 0 Å². The summed E-state index contributed by atoms with van der Waals surface area (Å²) in [6.45, 7) is 4.30. The van der Waals surface area contributed by atoms with E-state index in [9.17, 15) is 4.79 Å². The molecule has 1 aromatic rings. The number of aliphatic hydroxyl groups is 1. The van der Waals surface area contributed by atoms with Crippen LogP contribution in [0.5, 0.6) is 0 Å². The van der Waals surface area contributed by atoms with Crippen LogP contribution < -0.4 is 5.32 Å². The van der Waals surface area contributed by atoms with E-state index in [0.29, 0.717) is 19.7 Å². The van der Waals surface area contributed by atoms with Gasteiger partial charge in [-0.25, -0.2) is 0 Å². The van der Waals surface area contributed by atoms with Gasteiger partial charge in [-0.3, -0.25) is 9.69 Å². The molecule has 110 valence electrons. The van der Waals surface area contributed by atoms with Gasteiger partial charge < -0.3 is 15.2 Å². The number of ether oxygens (including phenoxy) is 1. The maximum Gasteiger partial charge on any atom is 0.238 e. The number of carbonyl (C=O) groups is 1. The minimum absolute atomic E-state index is 0.00337. The number of rotatable bonds is 5. The fourth-order valence-corrected chi connectivity index (χ4v) is 2.26. The van der Waals surface area contributed by atoms with Crippen molar-refractivity contribution < 1.29 is 14.6 Å². The van der Waals surface area contributed by atoms with Gasteiger partial charge in [-0.2, -0.15) is 0 Å². The molecule has 1 unspecified atom stereocenters. The zero-order valence-corrected chi connectivity index (χ0v) is 11.8. The molecular formula is C15H22N2O3. The number of hydrogen-bond donors (Lipinski definition) is 2. The molecule has 5 heteroatoms. The summed E-state index contributed by atoms with van der Waals surface area (Å²) in [6, 6.07) is 7.89. The summed E-state index contributed by atoms with van der Waals surface area (Å²) >= 11 is 0. The van der Waals surface area contributed by atoms with Crippen molar-refractivity contribution in [2.24, 2.45) is 0 Å². The highest BCUT2D eigenvalue weighted by Gasteiger charge is 2.21. The van der Waals surface area contributed by atoms with Gasteiger partial charge in [0.15, 0.2) is 0 Å². The Balaban J connectivity index is 1.82. The number of hydrogen-bond acceptors (Lipinski definition) is 4. The first-order valence-corrected chi connectivity index (χ1v) is 7.05. The Kier molecular flexibility index (Phi) is 5.52. The van der Waals surface area contributed by atoms with Crippen LogP contribution in [0.3, 0.4) is 0 Å². The van der Waals surface area contributed by atoms with Crippen LogP contribution in [0, 0.1) is 0 Å². The second kappa shape index (κ2) is 7.38. The van der Waals surface area contributed by atoms with E-state index in [1.54, 1.807) is 0 Å². The van der Waals surface area contributed by atoms with Crippen LogP contribution in [-0.4, -0.2) is 54.9 Å². The Morgan fingerprint density at radius 2 is 2.20 bits per heavy atom. The van der Waals surface area contributed by atoms with E-state index in [-0.39, 0.29) is 18.6 Å². The highest BCUT2D eigenvalue weighted by atomic mass is 16.5. The lowest BCUT2D eigenvalue weighted by atomic mass is 10.1. The van der Waals surface area contributed by atoms with Gasteiger partial charge in [0.2, 0.25) is 5.91 Å². The number of nitrogens with one attached hydrogen (secondary N) is 1. The summed E-state index contributed by atoms with van der Waals surface area (Å²) < 4.78 is 5.36. The van der Waals surface area contributed by atoms with Crippen molar-refractivity contribution in [2.75, 3.05) is 38.2 Å². The number of aryl methyl sites for hydroxylation is 1. The first-order valence-electron chi connectivity index (χ1n) is 7.05. The number of anilines is 1. The molecule has 1 heterocycles. The molecule has 1 aromatic carbocycles. The van der Waals surface area contributed by atoms with Gasteiger partial charge in [-0.1, -0.05) is 19.1 Å². The summed E-state index contributed by atoms with van der Waals surface area (Å²) in [7, 11) is 0. The zero-order valence-electron chi connectivity index (χ0n) is 11.8. The molecule has 2 rings (SSSR count). The van der Waals surface area contributed by atoms with Crippen LogP contribution in [-0.2, 0) is 16.0 Å². The Hall–Kier alpha value is -1.43. The number of carbonyl (C=O) groups excluding carboxylic acids is 1. The second-order valence-corrected chi connectivity index (χ2v) is 5.01. The Labute approximate surface area is 119 Å². The average Bonchev–Trinajstić information content (AvgIpc) is 2.48. The largest absolute Gasteiger partial charge is 0.394 e. The summed E-state index contributed by atoms with van der Waals surface area (Å²) in [5.41, 5.74) is 2.07. The van der Waals surface area contributed by atoms with Crippen molar-refractivity contribution in [1.29, 1.82) is 0 Å². The molecule has 1 amide bonds. The summed E-state index contributed by atoms with van der Waals surface area (Å²) in [4.78, 5) is 14.0. The summed E-state index contributed by atoms with van der Waals surface area (Å²) in [5.74, 6) is -0.0344. The number of benzene rings is 1. The maximum atomic E-state index is 12.0. The van der Waals surface area contributed by atoms with Crippen molar-refractivity contribution >= 4 is 11.6 Å². The highest BCUT2D eigenvalue weighted by molar-refractivity contribution is 5.92. The number of amides is 1. The highest BCUT2D eigenvalue weighted by Crippen LogP contribution is 2.10. The molecule has 0 saturated carbocycles. The standard InChI is InChI=1S/C15H22N2O3/c1-2-12-3-5-13(6-4-12)16-15(19)10-17-7-8-20-14(9-17)11-18/h3-6,14,18H,2,7-11H2,1H3,(H,16,19). The van der Waals surface area contributed by atoms with Gasteiger partial charge in [-0.05, 0) is 24.1 Å². The van der Waals surface area contributed by atoms with E-state index >= 15 is 0 Å². The van der Waals surface area contributed by atoms with E-state index in [1.165, 1.54) is 5.56 Å². The molecule has 20 heavy (non-hydrogen) atoms. The average molecular weight is 278 g/mol. The smallest absolute Gasteiger partial charge is 0.238 e. The Morgan fingerprint density at radius 3 is 2.85 bits per heavy atom. The molecule has 1 atom stereocenters. The van der Waals surface area contributed by atoms with Gasteiger partial charge in [0.05, 0.1) is 25.9 Å². The van der Waals surface area contributed by atoms with Gasteiger partial charge >= 0.3 is 0 Å². The van der Waals surface area contributed by atoms with Crippen LogP contribution >= 0.6 is 0 Å². The molecule has 2 N–H and O–H groups in total. The lowest BCUT2D eigenvalue weighted by molar-refractivity contribution is -0.120. The van der Waals surface area contributed by atoms with Gasteiger partial charge in [0.25, 0.3) is 0 Å². The zero-order chi connectivity index (χ0) is 14.4. The Morgan fingerprint density at radius 1 is 1.45 bits per heavy atom. The predicted molar refractivity (Wildman–Crippen MR) is 77.7 cm³/mol. The van der Waals surface area contributed by atoms with Crippen molar-refractivity contribution in [1.82, 2.24) is 4.90 Å². The molecule has 0 spiro atoms. The van der Waals surface area contributed by atoms with Crippen molar-refractivity contribution in [3.05, 3.63) is 29.8 Å². The van der Waals surface area contributed by atoms with Crippen molar-refractivity contribution in [2.45, 2.75) is 19.4 Å². The molecule has 0 radical (unpaired) electrons. The lowest BCUT2D eigenvalue weighted by Crippen LogP contribution is -2.46. The molecule has 0 bridgehead atoms. The normalized spacial score (nSPS) is 19.8. The first-order chi connectivity index (χ1) is 9.71. The third kappa shape index (κ3) is 4.30. The fraction of sp³-hybridized carbons (Fsp3) is 0.533. The first kappa shape index (κ1) is 15.0. The molecule has 1 fully saturated rings. The van der Waals surface area contributed by atoms with E-state index in [4.69, 9.17) is 9.84 Å². The molecule has 0 aromatic heterocycles. The number of morpholine rings is 1. The molecule has 0 aliphatic carbocycles. The van der Waals surface area contributed by atoms with Crippen LogP contribution in [0.4, 0.5) is 5.69 Å². The van der Waals surface area contributed by atoms with Gasteiger partial charge in [0.1, 0.15) is 0 Å².